The Morgan fingerprint density at radius 2 is 1.96 bits per heavy atom. The fraction of sp³-hybridized carbons (Fsp3) is 0.444. The normalized spacial score (nSPS) is 16.1. The summed E-state index contributed by atoms with van der Waals surface area (Å²) in [5.74, 6) is 0.127. The molecule has 0 aliphatic carbocycles. The molecule has 2 amide bonds. The van der Waals surface area contributed by atoms with E-state index in [1.54, 1.807) is 5.51 Å². The second kappa shape index (κ2) is 9.82. The minimum atomic E-state index is -0.182. The highest BCUT2D eigenvalue weighted by atomic mass is 32.2. The molecule has 0 saturated carbocycles. The van der Waals surface area contributed by atoms with Crippen molar-refractivity contribution >= 4 is 34.9 Å². The molecule has 3 rings (SSSR count). The maximum absolute atomic E-state index is 12.6. The van der Waals surface area contributed by atoms with Gasteiger partial charge in [0.05, 0.1) is 11.8 Å². The lowest BCUT2D eigenvalue weighted by Gasteiger charge is -2.35. The van der Waals surface area contributed by atoms with E-state index >= 15 is 0 Å². The van der Waals surface area contributed by atoms with Crippen molar-refractivity contribution in [2.45, 2.75) is 23.1 Å². The van der Waals surface area contributed by atoms with Gasteiger partial charge < -0.3 is 10.2 Å². The van der Waals surface area contributed by atoms with Crippen molar-refractivity contribution < 1.29 is 9.59 Å². The van der Waals surface area contributed by atoms with Gasteiger partial charge in [-0.15, -0.1) is 10.2 Å². The van der Waals surface area contributed by atoms with Gasteiger partial charge in [-0.05, 0) is 12.5 Å². The third kappa shape index (κ3) is 6.02. The molecule has 1 saturated heterocycles. The van der Waals surface area contributed by atoms with Crippen LogP contribution < -0.4 is 5.32 Å². The smallest absolute Gasteiger partial charge is 0.235 e. The zero-order valence-corrected chi connectivity index (χ0v) is 16.8. The van der Waals surface area contributed by atoms with E-state index in [0.717, 1.165) is 9.90 Å². The lowest BCUT2D eigenvalue weighted by atomic mass is 10.2. The van der Waals surface area contributed by atoms with E-state index in [-0.39, 0.29) is 17.1 Å². The average Bonchev–Trinajstić information content (AvgIpc) is 3.20. The number of nitrogens with zero attached hydrogens (tertiary/aromatic N) is 4. The first kappa shape index (κ1) is 19.8. The number of thioether (sulfide) groups is 1. The third-order valence-corrected chi connectivity index (χ3v) is 6.25. The number of carbonyl (C=O) groups is 2. The van der Waals surface area contributed by atoms with Gasteiger partial charge in [-0.1, -0.05) is 53.4 Å². The van der Waals surface area contributed by atoms with E-state index in [9.17, 15) is 9.59 Å². The van der Waals surface area contributed by atoms with Gasteiger partial charge >= 0.3 is 0 Å². The molecular weight excluding hydrogens is 382 g/mol. The Morgan fingerprint density at radius 3 is 2.63 bits per heavy atom. The lowest BCUT2D eigenvalue weighted by molar-refractivity contribution is -0.132. The van der Waals surface area contributed by atoms with Gasteiger partial charge in [0, 0.05) is 32.7 Å². The van der Waals surface area contributed by atoms with E-state index in [4.69, 9.17) is 0 Å². The first-order chi connectivity index (χ1) is 13.1. The molecular formula is C18H23N5O2S2. The molecule has 2 aromatic rings. The van der Waals surface area contributed by atoms with Crippen LogP contribution in [0.15, 0.2) is 40.2 Å². The highest BCUT2D eigenvalue weighted by molar-refractivity contribution is 8.02. The Morgan fingerprint density at radius 1 is 1.22 bits per heavy atom. The fourth-order valence-corrected chi connectivity index (χ4v) is 4.56. The number of amides is 2. The average molecular weight is 406 g/mol. The molecule has 0 unspecified atom stereocenters. The Hall–Kier alpha value is -1.97. The number of rotatable bonds is 7. The zero-order chi connectivity index (χ0) is 19.1. The topological polar surface area (TPSA) is 78.4 Å². The van der Waals surface area contributed by atoms with Crippen LogP contribution in [-0.4, -0.2) is 69.8 Å². The van der Waals surface area contributed by atoms with Crippen molar-refractivity contribution in [2.75, 3.05) is 32.7 Å². The van der Waals surface area contributed by atoms with Gasteiger partial charge in [0.1, 0.15) is 5.51 Å². The van der Waals surface area contributed by atoms with Crippen LogP contribution in [0.4, 0.5) is 0 Å². The SMILES string of the molecule is C[C@@H](Sc1nncs1)C(=O)N1CCN(CC(=O)NCc2ccccc2)CC1. The summed E-state index contributed by atoms with van der Waals surface area (Å²) < 4.78 is 0.810. The summed E-state index contributed by atoms with van der Waals surface area (Å²) in [6.07, 6.45) is 0. The van der Waals surface area contributed by atoms with Gasteiger partial charge in [0.25, 0.3) is 0 Å². The number of aromatic nitrogens is 2. The van der Waals surface area contributed by atoms with Gasteiger partial charge in [-0.3, -0.25) is 14.5 Å². The van der Waals surface area contributed by atoms with Crippen LogP contribution in [0.5, 0.6) is 0 Å². The minimum absolute atomic E-state index is 0.0128. The summed E-state index contributed by atoms with van der Waals surface area (Å²) >= 11 is 2.89. The van der Waals surface area contributed by atoms with Crippen LogP contribution in [0.1, 0.15) is 12.5 Å². The zero-order valence-electron chi connectivity index (χ0n) is 15.2. The largest absolute Gasteiger partial charge is 0.351 e. The quantitative estimate of drug-likeness (QED) is 0.703. The molecule has 1 aliphatic heterocycles. The molecule has 9 heteroatoms. The Kier molecular flexibility index (Phi) is 7.19. The molecule has 7 nitrogen and oxygen atoms in total. The van der Waals surface area contributed by atoms with Gasteiger partial charge in [-0.2, -0.15) is 0 Å². The molecule has 27 heavy (non-hydrogen) atoms. The summed E-state index contributed by atoms with van der Waals surface area (Å²) in [6.45, 7) is 5.51. The van der Waals surface area contributed by atoms with Crippen LogP contribution in [-0.2, 0) is 16.1 Å². The van der Waals surface area contributed by atoms with Crippen LogP contribution >= 0.6 is 23.1 Å². The number of hydrogen-bond acceptors (Lipinski definition) is 7. The molecule has 0 radical (unpaired) electrons. The van der Waals surface area contributed by atoms with Gasteiger partial charge in [0.15, 0.2) is 4.34 Å². The highest BCUT2D eigenvalue weighted by Crippen LogP contribution is 2.25. The maximum atomic E-state index is 12.6. The van der Waals surface area contributed by atoms with E-state index in [1.165, 1.54) is 23.1 Å². The molecule has 0 spiro atoms. The number of piperazine rings is 1. The Bertz CT molecular complexity index is 733. The Balaban J connectivity index is 1.38. The standard InChI is InChI=1S/C18H23N5O2S2/c1-14(27-18-21-20-13-26-18)17(25)23-9-7-22(8-10-23)12-16(24)19-11-15-5-3-2-4-6-15/h2-6,13-14H,7-12H2,1H3,(H,19,24)/t14-/m1/s1. The molecule has 1 atom stereocenters. The minimum Gasteiger partial charge on any atom is -0.351 e. The number of carbonyl (C=O) groups excluding carboxylic acids is 2. The van der Waals surface area contributed by atoms with Crippen molar-refractivity contribution in [3.63, 3.8) is 0 Å². The summed E-state index contributed by atoms with van der Waals surface area (Å²) in [5, 5.41) is 10.5. The predicted octanol–water partition coefficient (Wildman–Crippen LogP) is 1.48. The molecule has 1 fully saturated rings. The molecule has 1 aromatic heterocycles. The monoisotopic (exact) mass is 405 g/mol. The molecule has 1 N–H and O–H groups in total. The number of benzene rings is 1. The number of hydrogen-bond donors (Lipinski definition) is 1. The molecule has 144 valence electrons. The number of nitrogens with one attached hydrogen (secondary N) is 1. The van der Waals surface area contributed by atoms with E-state index in [0.29, 0.717) is 39.3 Å². The van der Waals surface area contributed by atoms with Crippen LogP contribution in [0.3, 0.4) is 0 Å². The molecule has 0 bridgehead atoms. The van der Waals surface area contributed by atoms with E-state index < -0.39 is 0 Å². The summed E-state index contributed by atoms with van der Waals surface area (Å²) in [7, 11) is 0. The lowest BCUT2D eigenvalue weighted by Crippen LogP contribution is -2.52. The second-order valence-electron chi connectivity index (χ2n) is 6.33. The first-order valence-electron chi connectivity index (χ1n) is 8.86. The Labute approximate surface area is 167 Å². The van der Waals surface area contributed by atoms with Gasteiger partial charge in [-0.25, -0.2) is 0 Å². The summed E-state index contributed by atoms with van der Waals surface area (Å²) in [6, 6.07) is 9.86. The van der Waals surface area contributed by atoms with Crippen molar-refractivity contribution in [1.29, 1.82) is 0 Å². The third-order valence-electron chi connectivity index (χ3n) is 4.35. The van der Waals surface area contributed by atoms with Crippen LogP contribution in [0.2, 0.25) is 0 Å². The second-order valence-corrected chi connectivity index (χ2v) is 8.75. The first-order valence-corrected chi connectivity index (χ1v) is 10.6. The van der Waals surface area contributed by atoms with Crippen LogP contribution in [0.25, 0.3) is 0 Å². The van der Waals surface area contributed by atoms with Crippen molar-refractivity contribution in [2.24, 2.45) is 0 Å². The predicted molar refractivity (Wildman–Crippen MR) is 107 cm³/mol. The van der Waals surface area contributed by atoms with E-state index in [2.05, 4.69) is 20.4 Å². The van der Waals surface area contributed by atoms with Crippen LogP contribution in [0, 0.1) is 0 Å². The van der Waals surface area contributed by atoms with E-state index in [1.807, 2.05) is 42.2 Å². The summed E-state index contributed by atoms with van der Waals surface area (Å²) in [4.78, 5) is 28.7. The fourth-order valence-electron chi connectivity index (χ4n) is 2.85. The maximum Gasteiger partial charge on any atom is 0.235 e. The molecule has 1 aromatic carbocycles. The van der Waals surface area contributed by atoms with Gasteiger partial charge in [0.2, 0.25) is 11.8 Å². The summed E-state index contributed by atoms with van der Waals surface area (Å²) in [5.41, 5.74) is 2.75. The molecule has 1 aliphatic rings. The highest BCUT2D eigenvalue weighted by Gasteiger charge is 2.26. The van der Waals surface area contributed by atoms with Crippen molar-refractivity contribution in [3.05, 3.63) is 41.4 Å². The van der Waals surface area contributed by atoms with Crippen molar-refractivity contribution in [1.82, 2.24) is 25.3 Å². The molecule has 2 heterocycles. The van der Waals surface area contributed by atoms with Crippen molar-refractivity contribution in [3.8, 4) is 0 Å².